The lowest BCUT2D eigenvalue weighted by molar-refractivity contribution is -0.164. The average molecular weight is 194 g/mol. The monoisotopic (exact) mass is 194 g/mol. The van der Waals surface area contributed by atoms with E-state index in [1.807, 2.05) is 6.07 Å². The van der Waals surface area contributed by atoms with Crippen molar-refractivity contribution < 1.29 is 14.6 Å². The summed E-state index contributed by atoms with van der Waals surface area (Å²) < 4.78 is 4.57. The molecule has 0 saturated heterocycles. The Kier molecular flexibility index (Phi) is 3.25. The summed E-state index contributed by atoms with van der Waals surface area (Å²) in [6.45, 7) is 1.74. The van der Waals surface area contributed by atoms with E-state index >= 15 is 0 Å². The van der Waals surface area contributed by atoms with Gasteiger partial charge in [0, 0.05) is 0 Å². The normalized spacial score (nSPS) is 14.5. The number of esters is 1. The summed E-state index contributed by atoms with van der Waals surface area (Å²) in [5.74, 6) is -0.619. The molecule has 0 bridgehead atoms. The summed E-state index contributed by atoms with van der Waals surface area (Å²) in [7, 11) is 1.27. The molecule has 0 aliphatic carbocycles. The van der Waals surface area contributed by atoms with Gasteiger partial charge >= 0.3 is 5.97 Å². The third kappa shape index (κ3) is 1.77. The molecular formula is C11H14O3. The molecule has 1 atom stereocenters. The van der Waals surface area contributed by atoms with Crippen molar-refractivity contribution in [2.75, 3.05) is 7.11 Å². The van der Waals surface area contributed by atoms with Gasteiger partial charge in [0.15, 0.2) is 5.60 Å². The highest BCUT2D eigenvalue weighted by Crippen LogP contribution is 2.25. The van der Waals surface area contributed by atoms with Crippen LogP contribution in [0.2, 0.25) is 0 Å². The molecule has 0 heterocycles. The van der Waals surface area contributed by atoms with E-state index < -0.39 is 11.6 Å². The number of benzene rings is 1. The number of methoxy groups -OCH3 is 1. The van der Waals surface area contributed by atoms with Crippen LogP contribution < -0.4 is 0 Å². The Morgan fingerprint density at radius 1 is 1.43 bits per heavy atom. The van der Waals surface area contributed by atoms with Crippen molar-refractivity contribution in [3.05, 3.63) is 35.9 Å². The first-order valence-corrected chi connectivity index (χ1v) is 4.51. The summed E-state index contributed by atoms with van der Waals surface area (Å²) in [5, 5.41) is 10.1. The number of hydrogen-bond donors (Lipinski definition) is 1. The van der Waals surface area contributed by atoms with Crippen LogP contribution in [0.25, 0.3) is 0 Å². The molecular weight excluding hydrogens is 180 g/mol. The van der Waals surface area contributed by atoms with E-state index in [9.17, 15) is 9.90 Å². The largest absolute Gasteiger partial charge is 0.467 e. The molecule has 1 N–H and O–H groups in total. The van der Waals surface area contributed by atoms with E-state index in [1.54, 1.807) is 31.2 Å². The van der Waals surface area contributed by atoms with Gasteiger partial charge in [-0.15, -0.1) is 0 Å². The van der Waals surface area contributed by atoms with Gasteiger partial charge in [0.1, 0.15) is 0 Å². The van der Waals surface area contributed by atoms with Crippen LogP contribution in [-0.2, 0) is 15.1 Å². The number of aliphatic hydroxyl groups is 1. The zero-order chi connectivity index (χ0) is 10.6. The highest BCUT2D eigenvalue weighted by atomic mass is 16.5. The number of ether oxygens (including phenoxy) is 1. The van der Waals surface area contributed by atoms with Crippen molar-refractivity contribution in [3.63, 3.8) is 0 Å². The Balaban J connectivity index is 3.08. The Bertz CT molecular complexity index is 308. The third-order valence-corrected chi connectivity index (χ3v) is 2.29. The molecule has 76 valence electrons. The lowest BCUT2D eigenvalue weighted by atomic mass is 9.91. The van der Waals surface area contributed by atoms with Gasteiger partial charge in [0.2, 0.25) is 0 Å². The van der Waals surface area contributed by atoms with Crippen molar-refractivity contribution in [3.8, 4) is 0 Å². The molecule has 3 nitrogen and oxygen atoms in total. The van der Waals surface area contributed by atoms with Crippen molar-refractivity contribution >= 4 is 5.97 Å². The van der Waals surface area contributed by atoms with Crippen LogP contribution in [0, 0.1) is 0 Å². The van der Waals surface area contributed by atoms with Gasteiger partial charge in [-0.2, -0.15) is 0 Å². The molecule has 1 unspecified atom stereocenters. The molecule has 3 heteroatoms. The number of rotatable bonds is 3. The maximum Gasteiger partial charge on any atom is 0.342 e. The minimum Gasteiger partial charge on any atom is -0.467 e. The van der Waals surface area contributed by atoms with Crippen LogP contribution in [0.5, 0.6) is 0 Å². The Morgan fingerprint density at radius 3 is 2.43 bits per heavy atom. The average Bonchev–Trinajstić information content (AvgIpc) is 2.28. The summed E-state index contributed by atoms with van der Waals surface area (Å²) in [4.78, 5) is 11.4. The first-order chi connectivity index (χ1) is 6.65. The van der Waals surface area contributed by atoms with Gasteiger partial charge in [0.05, 0.1) is 7.11 Å². The summed E-state index contributed by atoms with van der Waals surface area (Å²) >= 11 is 0. The van der Waals surface area contributed by atoms with Gasteiger partial charge < -0.3 is 9.84 Å². The highest BCUT2D eigenvalue weighted by molar-refractivity contribution is 5.80. The van der Waals surface area contributed by atoms with E-state index in [0.29, 0.717) is 12.0 Å². The molecule has 0 saturated carbocycles. The van der Waals surface area contributed by atoms with Crippen LogP contribution in [0.4, 0.5) is 0 Å². The van der Waals surface area contributed by atoms with E-state index in [0.717, 1.165) is 0 Å². The van der Waals surface area contributed by atoms with Crippen LogP contribution in [0.1, 0.15) is 18.9 Å². The molecule has 0 fully saturated rings. The van der Waals surface area contributed by atoms with E-state index in [1.165, 1.54) is 7.11 Å². The van der Waals surface area contributed by atoms with E-state index in [4.69, 9.17) is 0 Å². The van der Waals surface area contributed by atoms with Gasteiger partial charge in [0.25, 0.3) is 0 Å². The van der Waals surface area contributed by atoms with Crippen LogP contribution >= 0.6 is 0 Å². The second kappa shape index (κ2) is 4.24. The fraction of sp³-hybridized carbons (Fsp3) is 0.364. The maximum absolute atomic E-state index is 11.4. The topological polar surface area (TPSA) is 46.5 Å². The fourth-order valence-electron chi connectivity index (χ4n) is 1.35. The molecule has 1 rings (SSSR count). The first kappa shape index (κ1) is 10.7. The highest BCUT2D eigenvalue weighted by Gasteiger charge is 2.36. The minimum absolute atomic E-state index is 0.295. The SMILES string of the molecule is CCC(O)(C(=O)OC)c1ccccc1. The lowest BCUT2D eigenvalue weighted by Gasteiger charge is -2.23. The number of carbonyl (C=O) groups is 1. The van der Waals surface area contributed by atoms with Crippen molar-refractivity contribution in [1.29, 1.82) is 0 Å². The van der Waals surface area contributed by atoms with Crippen LogP contribution in [0.3, 0.4) is 0 Å². The number of hydrogen-bond acceptors (Lipinski definition) is 3. The predicted molar refractivity (Wildman–Crippen MR) is 52.6 cm³/mol. The second-order valence-corrected chi connectivity index (χ2v) is 3.07. The van der Waals surface area contributed by atoms with Crippen molar-refractivity contribution in [2.45, 2.75) is 18.9 Å². The molecule has 0 amide bonds. The van der Waals surface area contributed by atoms with E-state index in [-0.39, 0.29) is 0 Å². The first-order valence-electron chi connectivity index (χ1n) is 4.51. The minimum atomic E-state index is -1.52. The zero-order valence-corrected chi connectivity index (χ0v) is 8.36. The van der Waals surface area contributed by atoms with Gasteiger partial charge in [-0.25, -0.2) is 4.79 Å². The van der Waals surface area contributed by atoms with Crippen LogP contribution in [0.15, 0.2) is 30.3 Å². The predicted octanol–water partition coefficient (Wildman–Crippen LogP) is 1.46. The number of carbonyl (C=O) groups excluding carboxylic acids is 1. The standard InChI is InChI=1S/C11H14O3/c1-3-11(13,10(12)14-2)9-7-5-4-6-8-9/h4-8,13H,3H2,1-2H3. The molecule has 0 radical (unpaired) electrons. The summed E-state index contributed by atoms with van der Waals surface area (Å²) in [6, 6.07) is 8.80. The second-order valence-electron chi connectivity index (χ2n) is 3.07. The molecule has 0 aromatic heterocycles. The fourth-order valence-corrected chi connectivity index (χ4v) is 1.35. The quantitative estimate of drug-likeness (QED) is 0.741. The summed E-state index contributed by atoms with van der Waals surface area (Å²) in [6.07, 6.45) is 0.295. The van der Waals surface area contributed by atoms with Gasteiger partial charge in [-0.05, 0) is 12.0 Å². The molecule has 0 spiro atoms. The Morgan fingerprint density at radius 2 is 2.00 bits per heavy atom. The van der Waals surface area contributed by atoms with Gasteiger partial charge in [-0.3, -0.25) is 0 Å². The lowest BCUT2D eigenvalue weighted by Crippen LogP contribution is -2.35. The van der Waals surface area contributed by atoms with Crippen molar-refractivity contribution in [2.24, 2.45) is 0 Å². The molecule has 14 heavy (non-hydrogen) atoms. The molecule has 1 aromatic rings. The maximum atomic E-state index is 11.4. The Labute approximate surface area is 83.3 Å². The van der Waals surface area contributed by atoms with Crippen molar-refractivity contribution in [1.82, 2.24) is 0 Å². The zero-order valence-electron chi connectivity index (χ0n) is 8.36. The van der Waals surface area contributed by atoms with E-state index in [2.05, 4.69) is 4.74 Å². The summed E-state index contributed by atoms with van der Waals surface area (Å²) in [5.41, 5.74) is -0.954. The van der Waals surface area contributed by atoms with Gasteiger partial charge in [-0.1, -0.05) is 37.3 Å². The molecule has 0 aliphatic rings. The smallest absolute Gasteiger partial charge is 0.342 e. The molecule has 1 aromatic carbocycles. The molecule has 0 aliphatic heterocycles. The van der Waals surface area contributed by atoms with Crippen LogP contribution in [-0.4, -0.2) is 18.2 Å². The Hall–Kier alpha value is -1.35. The third-order valence-electron chi connectivity index (χ3n) is 2.29.